The van der Waals surface area contributed by atoms with Gasteiger partial charge in [0.1, 0.15) is 0 Å². The first-order chi connectivity index (χ1) is 7.27. The molecule has 1 aromatic rings. The molecule has 2 rings (SSSR count). The van der Waals surface area contributed by atoms with E-state index >= 15 is 0 Å². The average molecular weight is 207 g/mol. The molecule has 0 bridgehead atoms. The van der Waals surface area contributed by atoms with Crippen LogP contribution in [0.1, 0.15) is 24.0 Å². The Morgan fingerprint density at radius 3 is 3.00 bits per heavy atom. The molecule has 0 saturated heterocycles. The van der Waals surface area contributed by atoms with Gasteiger partial charge in [0.15, 0.2) is 11.5 Å². The molecule has 1 heterocycles. The van der Waals surface area contributed by atoms with Crippen molar-refractivity contribution < 1.29 is 9.47 Å². The van der Waals surface area contributed by atoms with Gasteiger partial charge in [0.25, 0.3) is 0 Å². The summed E-state index contributed by atoms with van der Waals surface area (Å²) in [7, 11) is 1.68. The summed E-state index contributed by atoms with van der Waals surface area (Å²) in [5.41, 5.74) is 8.05. The lowest BCUT2D eigenvalue weighted by Gasteiger charge is -2.16. The largest absolute Gasteiger partial charge is 0.493 e. The second-order valence-corrected chi connectivity index (χ2v) is 3.91. The molecule has 1 aliphatic rings. The SMILES string of the molecule is COc1c(C(C)CN)ccc2c1OCC2. The van der Waals surface area contributed by atoms with Gasteiger partial charge in [0.2, 0.25) is 0 Å². The summed E-state index contributed by atoms with van der Waals surface area (Å²) in [6.45, 7) is 3.47. The molecular formula is C12H17NO2. The molecular weight excluding hydrogens is 190 g/mol. The van der Waals surface area contributed by atoms with Crippen molar-refractivity contribution in [3.8, 4) is 11.5 Å². The molecule has 82 valence electrons. The zero-order chi connectivity index (χ0) is 10.8. The van der Waals surface area contributed by atoms with Crippen LogP contribution in [0.15, 0.2) is 12.1 Å². The minimum atomic E-state index is 0.300. The third-order valence-corrected chi connectivity index (χ3v) is 2.93. The fourth-order valence-electron chi connectivity index (χ4n) is 1.96. The Morgan fingerprint density at radius 2 is 2.33 bits per heavy atom. The molecule has 2 N–H and O–H groups in total. The number of rotatable bonds is 3. The van der Waals surface area contributed by atoms with Crippen molar-refractivity contribution in [1.29, 1.82) is 0 Å². The van der Waals surface area contributed by atoms with Crippen molar-refractivity contribution in [2.24, 2.45) is 5.73 Å². The summed E-state index contributed by atoms with van der Waals surface area (Å²) >= 11 is 0. The van der Waals surface area contributed by atoms with Crippen molar-refractivity contribution >= 4 is 0 Å². The van der Waals surface area contributed by atoms with Crippen LogP contribution in [0.5, 0.6) is 11.5 Å². The zero-order valence-corrected chi connectivity index (χ0v) is 9.25. The van der Waals surface area contributed by atoms with E-state index in [1.165, 1.54) is 5.56 Å². The van der Waals surface area contributed by atoms with Gasteiger partial charge in [-0.1, -0.05) is 19.1 Å². The maximum absolute atomic E-state index is 5.68. The summed E-state index contributed by atoms with van der Waals surface area (Å²) in [4.78, 5) is 0. The van der Waals surface area contributed by atoms with Gasteiger partial charge in [-0.2, -0.15) is 0 Å². The molecule has 0 fully saturated rings. The van der Waals surface area contributed by atoms with Crippen LogP contribution in [0.3, 0.4) is 0 Å². The van der Waals surface area contributed by atoms with Crippen LogP contribution < -0.4 is 15.2 Å². The Bertz CT molecular complexity index is 363. The summed E-state index contributed by atoms with van der Waals surface area (Å²) in [5.74, 6) is 2.08. The van der Waals surface area contributed by atoms with Gasteiger partial charge in [-0.15, -0.1) is 0 Å². The standard InChI is InChI=1S/C12H17NO2/c1-8(7-13)10-4-3-9-5-6-15-11(9)12(10)14-2/h3-4,8H,5-7,13H2,1-2H3. The van der Waals surface area contributed by atoms with Crippen LogP contribution in [0.2, 0.25) is 0 Å². The summed E-state index contributed by atoms with van der Waals surface area (Å²) in [5, 5.41) is 0. The molecule has 1 atom stereocenters. The van der Waals surface area contributed by atoms with E-state index in [0.717, 1.165) is 30.1 Å². The number of methoxy groups -OCH3 is 1. The predicted molar refractivity (Wildman–Crippen MR) is 59.7 cm³/mol. The molecule has 0 radical (unpaired) electrons. The van der Waals surface area contributed by atoms with Crippen molar-refractivity contribution in [2.75, 3.05) is 20.3 Å². The van der Waals surface area contributed by atoms with Crippen LogP contribution in [-0.2, 0) is 6.42 Å². The third-order valence-electron chi connectivity index (χ3n) is 2.93. The molecule has 0 saturated carbocycles. The fourth-order valence-corrected chi connectivity index (χ4v) is 1.96. The number of ether oxygens (including phenoxy) is 2. The lowest BCUT2D eigenvalue weighted by molar-refractivity contribution is 0.323. The van der Waals surface area contributed by atoms with Gasteiger partial charge in [0.05, 0.1) is 13.7 Å². The predicted octanol–water partition coefficient (Wildman–Crippen LogP) is 1.69. The van der Waals surface area contributed by atoms with Crippen molar-refractivity contribution in [2.45, 2.75) is 19.3 Å². The van der Waals surface area contributed by atoms with Gasteiger partial charge in [0, 0.05) is 17.5 Å². The Kier molecular flexibility index (Phi) is 2.82. The Morgan fingerprint density at radius 1 is 1.53 bits per heavy atom. The molecule has 1 unspecified atom stereocenters. The molecule has 0 amide bonds. The topological polar surface area (TPSA) is 44.5 Å². The monoisotopic (exact) mass is 207 g/mol. The number of nitrogens with two attached hydrogens (primary N) is 1. The van der Waals surface area contributed by atoms with Crippen molar-refractivity contribution in [3.63, 3.8) is 0 Å². The molecule has 15 heavy (non-hydrogen) atoms. The van der Waals surface area contributed by atoms with E-state index < -0.39 is 0 Å². The minimum Gasteiger partial charge on any atom is -0.493 e. The third kappa shape index (κ3) is 1.67. The van der Waals surface area contributed by atoms with Gasteiger partial charge >= 0.3 is 0 Å². The van der Waals surface area contributed by atoms with E-state index in [4.69, 9.17) is 15.2 Å². The van der Waals surface area contributed by atoms with E-state index in [2.05, 4.69) is 19.1 Å². The lowest BCUT2D eigenvalue weighted by atomic mass is 9.97. The first kappa shape index (κ1) is 10.3. The second-order valence-electron chi connectivity index (χ2n) is 3.91. The summed E-state index contributed by atoms with van der Waals surface area (Å²) < 4.78 is 11.0. The molecule has 0 aromatic heterocycles. The molecule has 0 aliphatic carbocycles. The first-order valence-corrected chi connectivity index (χ1v) is 5.30. The maximum Gasteiger partial charge on any atom is 0.164 e. The van der Waals surface area contributed by atoms with E-state index in [0.29, 0.717) is 12.5 Å². The Hall–Kier alpha value is -1.22. The highest BCUT2D eigenvalue weighted by Crippen LogP contribution is 2.40. The highest BCUT2D eigenvalue weighted by atomic mass is 16.5. The van der Waals surface area contributed by atoms with Crippen LogP contribution in [0.4, 0.5) is 0 Å². The molecule has 1 aromatic carbocycles. The maximum atomic E-state index is 5.68. The first-order valence-electron chi connectivity index (χ1n) is 5.30. The number of hydrogen-bond acceptors (Lipinski definition) is 3. The van der Waals surface area contributed by atoms with Gasteiger partial charge in [-0.25, -0.2) is 0 Å². The normalized spacial score (nSPS) is 15.7. The number of hydrogen-bond donors (Lipinski definition) is 1. The molecule has 0 spiro atoms. The minimum absolute atomic E-state index is 0.300. The van der Waals surface area contributed by atoms with Gasteiger partial charge in [-0.05, 0) is 12.5 Å². The fraction of sp³-hybridized carbons (Fsp3) is 0.500. The smallest absolute Gasteiger partial charge is 0.164 e. The highest BCUT2D eigenvalue weighted by molar-refractivity contribution is 5.54. The van der Waals surface area contributed by atoms with E-state index in [1.54, 1.807) is 7.11 Å². The summed E-state index contributed by atoms with van der Waals surface area (Å²) in [6.07, 6.45) is 0.975. The van der Waals surface area contributed by atoms with E-state index in [9.17, 15) is 0 Å². The lowest BCUT2D eigenvalue weighted by Crippen LogP contribution is -2.10. The van der Waals surface area contributed by atoms with Crippen LogP contribution in [-0.4, -0.2) is 20.3 Å². The summed E-state index contributed by atoms with van der Waals surface area (Å²) in [6, 6.07) is 4.22. The average Bonchev–Trinajstić information content (AvgIpc) is 2.74. The van der Waals surface area contributed by atoms with E-state index in [1.807, 2.05) is 0 Å². The van der Waals surface area contributed by atoms with Gasteiger partial charge in [-0.3, -0.25) is 0 Å². The Labute approximate surface area is 90.2 Å². The molecule has 1 aliphatic heterocycles. The number of fused-ring (bicyclic) bond motifs is 1. The van der Waals surface area contributed by atoms with Crippen molar-refractivity contribution in [3.05, 3.63) is 23.3 Å². The van der Waals surface area contributed by atoms with Crippen LogP contribution >= 0.6 is 0 Å². The van der Waals surface area contributed by atoms with Crippen LogP contribution in [0, 0.1) is 0 Å². The quantitative estimate of drug-likeness (QED) is 0.820. The Balaban J connectivity index is 2.48. The second kappa shape index (κ2) is 4.11. The van der Waals surface area contributed by atoms with Crippen molar-refractivity contribution in [1.82, 2.24) is 0 Å². The van der Waals surface area contributed by atoms with Gasteiger partial charge < -0.3 is 15.2 Å². The van der Waals surface area contributed by atoms with E-state index in [-0.39, 0.29) is 0 Å². The number of benzene rings is 1. The highest BCUT2D eigenvalue weighted by Gasteiger charge is 2.22. The van der Waals surface area contributed by atoms with Crippen LogP contribution in [0.25, 0.3) is 0 Å². The molecule has 3 heteroatoms. The molecule has 3 nitrogen and oxygen atoms in total. The zero-order valence-electron chi connectivity index (χ0n) is 9.25.